The van der Waals surface area contributed by atoms with Crippen LogP contribution in [0.15, 0.2) is 24.4 Å². The van der Waals surface area contributed by atoms with Gasteiger partial charge >= 0.3 is 0 Å². The number of aliphatic hydroxyl groups excluding tert-OH is 1. The third kappa shape index (κ3) is 2.80. The molecule has 12 heavy (non-hydrogen) atoms. The lowest BCUT2D eigenvalue weighted by Crippen LogP contribution is -2.04. The first-order valence-electron chi connectivity index (χ1n) is 3.90. The van der Waals surface area contributed by atoms with Crippen LogP contribution in [-0.2, 0) is 6.42 Å². The zero-order valence-electron chi connectivity index (χ0n) is 6.83. The second-order valence-electron chi connectivity index (χ2n) is 2.58. The summed E-state index contributed by atoms with van der Waals surface area (Å²) in [7, 11) is 0. The van der Waals surface area contributed by atoms with E-state index in [9.17, 15) is 0 Å². The molecule has 0 aliphatic heterocycles. The van der Waals surface area contributed by atoms with E-state index in [1.807, 2.05) is 18.2 Å². The van der Waals surface area contributed by atoms with Crippen LogP contribution in [0.4, 0.5) is 0 Å². The molecule has 0 amide bonds. The Morgan fingerprint density at radius 1 is 1.50 bits per heavy atom. The quantitative estimate of drug-likeness (QED) is 0.653. The maximum absolute atomic E-state index is 8.55. The van der Waals surface area contributed by atoms with Crippen molar-refractivity contribution in [2.24, 2.45) is 0 Å². The summed E-state index contributed by atoms with van der Waals surface area (Å²) in [6.45, 7) is 0.0473. The minimum Gasteiger partial charge on any atom is -0.396 e. The molecule has 0 fully saturated rings. The highest BCUT2D eigenvalue weighted by molar-refractivity contribution is 5.83. The molecule has 0 atom stereocenters. The Bertz CT molecular complexity index is 246. The lowest BCUT2D eigenvalue weighted by molar-refractivity contribution is 0.306. The number of hydrogen-bond donors (Lipinski definition) is 2. The van der Waals surface area contributed by atoms with E-state index in [2.05, 4.69) is 4.98 Å². The van der Waals surface area contributed by atoms with Crippen LogP contribution in [0.5, 0.6) is 0 Å². The SMILES string of the molecule is N=C(CCO)Cc1ccccn1. The summed E-state index contributed by atoms with van der Waals surface area (Å²) in [5.41, 5.74) is 1.41. The van der Waals surface area contributed by atoms with Crippen molar-refractivity contribution in [1.82, 2.24) is 4.98 Å². The van der Waals surface area contributed by atoms with Crippen molar-refractivity contribution >= 4 is 5.71 Å². The van der Waals surface area contributed by atoms with Gasteiger partial charge < -0.3 is 10.5 Å². The minimum atomic E-state index is 0.0473. The van der Waals surface area contributed by atoms with E-state index >= 15 is 0 Å². The van der Waals surface area contributed by atoms with E-state index < -0.39 is 0 Å². The molecule has 0 radical (unpaired) electrons. The average molecular weight is 164 g/mol. The zero-order valence-corrected chi connectivity index (χ0v) is 6.83. The van der Waals surface area contributed by atoms with Gasteiger partial charge in [0.1, 0.15) is 0 Å². The molecule has 0 spiro atoms. The Labute approximate surface area is 71.6 Å². The Hall–Kier alpha value is -1.22. The number of rotatable bonds is 4. The molecule has 1 rings (SSSR count). The molecule has 2 N–H and O–H groups in total. The van der Waals surface area contributed by atoms with E-state index in [4.69, 9.17) is 10.5 Å². The van der Waals surface area contributed by atoms with E-state index in [-0.39, 0.29) is 6.61 Å². The first kappa shape index (κ1) is 8.87. The van der Waals surface area contributed by atoms with Crippen LogP contribution >= 0.6 is 0 Å². The largest absolute Gasteiger partial charge is 0.396 e. The number of pyridine rings is 1. The van der Waals surface area contributed by atoms with Crippen LogP contribution in [0.1, 0.15) is 12.1 Å². The summed E-state index contributed by atoms with van der Waals surface area (Å²) < 4.78 is 0. The Morgan fingerprint density at radius 3 is 2.92 bits per heavy atom. The topological polar surface area (TPSA) is 57.0 Å². The van der Waals surface area contributed by atoms with Crippen molar-refractivity contribution in [3.63, 3.8) is 0 Å². The maximum Gasteiger partial charge on any atom is 0.0483 e. The molecule has 0 bridgehead atoms. The monoisotopic (exact) mass is 164 g/mol. The number of aliphatic hydroxyl groups is 1. The van der Waals surface area contributed by atoms with Gasteiger partial charge in [-0.1, -0.05) is 6.07 Å². The van der Waals surface area contributed by atoms with Crippen LogP contribution in [-0.4, -0.2) is 22.4 Å². The molecule has 0 aliphatic rings. The number of aromatic nitrogens is 1. The summed E-state index contributed by atoms with van der Waals surface area (Å²) in [5.74, 6) is 0. The number of hydrogen-bond acceptors (Lipinski definition) is 3. The van der Waals surface area contributed by atoms with Crippen molar-refractivity contribution < 1.29 is 5.11 Å². The van der Waals surface area contributed by atoms with Gasteiger partial charge in [-0.25, -0.2) is 0 Å². The van der Waals surface area contributed by atoms with Crippen LogP contribution < -0.4 is 0 Å². The molecule has 0 saturated heterocycles. The highest BCUT2D eigenvalue weighted by Gasteiger charge is 1.98. The van der Waals surface area contributed by atoms with Crippen LogP contribution in [0, 0.1) is 5.41 Å². The highest BCUT2D eigenvalue weighted by Crippen LogP contribution is 1.97. The summed E-state index contributed by atoms with van der Waals surface area (Å²) in [4.78, 5) is 4.08. The van der Waals surface area contributed by atoms with Crippen molar-refractivity contribution in [3.05, 3.63) is 30.1 Å². The van der Waals surface area contributed by atoms with Gasteiger partial charge in [-0.05, 0) is 12.1 Å². The molecule has 1 heterocycles. The predicted octanol–water partition coefficient (Wildman–Crippen LogP) is 1.03. The Kier molecular flexibility index (Phi) is 3.41. The summed E-state index contributed by atoms with van der Waals surface area (Å²) >= 11 is 0. The zero-order chi connectivity index (χ0) is 8.81. The summed E-state index contributed by atoms with van der Waals surface area (Å²) in [6, 6.07) is 5.62. The van der Waals surface area contributed by atoms with Crippen LogP contribution in [0.2, 0.25) is 0 Å². The average Bonchev–Trinajstić information content (AvgIpc) is 2.06. The third-order valence-corrected chi connectivity index (χ3v) is 1.53. The van der Waals surface area contributed by atoms with E-state index in [1.165, 1.54) is 0 Å². The van der Waals surface area contributed by atoms with Gasteiger partial charge in [-0.3, -0.25) is 4.98 Å². The van der Waals surface area contributed by atoms with Gasteiger partial charge in [0.15, 0.2) is 0 Å². The van der Waals surface area contributed by atoms with Gasteiger partial charge in [0.25, 0.3) is 0 Å². The molecule has 0 saturated carbocycles. The molecule has 64 valence electrons. The van der Waals surface area contributed by atoms with E-state index in [0.717, 1.165) is 5.69 Å². The van der Waals surface area contributed by atoms with Crippen molar-refractivity contribution in [2.75, 3.05) is 6.61 Å². The lowest BCUT2D eigenvalue weighted by atomic mass is 10.1. The van der Waals surface area contributed by atoms with E-state index in [0.29, 0.717) is 18.6 Å². The second-order valence-corrected chi connectivity index (χ2v) is 2.58. The minimum absolute atomic E-state index is 0.0473. The van der Waals surface area contributed by atoms with Gasteiger partial charge in [-0.15, -0.1) is 0 Å². The normalized spacial score (nSPS) is 9.75. The van der Waals surface area contributed by atoms with Crippen molar-refractivity contribution in [3.8, 4) is 0 Å². The molecular formula is C9H12N2O. The fourth-order valence-electron chi connectivity index (χ4n) is 0.945. The van der Waals surface area contributed by atoms with Gasteiger partial charge in [-0.2, -0.15) is 0 Å². The van der Waals surface area contributed by atoms with Gasteiger partial charge in [0.2, 0.25) is 0 Å². The second kappa shape index (κ2) is 4.62. The standard InChI is InChI=1S/C9H12N2O/c10-8(4-6-12)7-9-3-1-2-5-11-9/h1-3,5,10,12H,4,6-7H2. The first-order chi connectivity index (χ1) is 5.83. The molecule has 1 aromatic rings. The van der Waals surface area contributed by atoms with E-state index in [1.54, 1.807) is 6.20 Å². The molecule has 3 heteroatoms. The molecule has 3 nitrogen and oxygen atoms in total. The first-order valence-corrected chi connectivity index (χ1v) is 3.90. The van der Waals surface area contributed by atoms with Crippen molar-refractivity contribution in [1.29, 1.82) is 5.41 Å². The highest BCUT2D eigenvalue weighted by atomic mass is 16.3. The Morgan fingerprint density at radius 2 is 2.33 bits per heavy atom. The van der Waals surface area contributed by atoms with Gasteiger partial charge in [0.05, 0.1) is 0 Å². The number of nitrogens with zero attached hydrogens (tertiary/aromatic N) is 1. The predicted molar refractivity (Wildman–Crippen MR) is 47.4 cm³/mol. The van der Waals surface area contributed by atoms with Crippen molar-refractivity contribution in [2.45, 2.75) is 12.8 Å². The molecular weight excluding hydrogens is 152 g/mol. The summed E-state index contributed by atoms with van der Waals surface area (Å²) in [5, 5.41) is 16.0. The molecule has 1 aromatic heterocycles. The lowest BCUT2D eigenvalue weighted by Gasteiger charge is -1.99. The third-order valence-electron chi connectivity index (χ3n) is 1.53. The Balaban J connectivity index is 2.47. The fourth-order valence-corrected chi connectivity index (χ4v) is 0.945. The maximum atomic E-state index is 8.55. The van der Waals surface area contributed by atoms with Crippen LogP contribution in [0.3, 0.4) is 0 Å². The fraction of sp³-hybridized carbons (Fsp3) is 0.333. The molecule has 0 aromatic carbocycles. The molecule has 0 unspecified atom stereocenters. The smallest absolute Gasteiger partial charge is 0.0483 e. The van der Waals surface area contributed by atoms with Gasteiger partial charge in [0, 0.05) is 37.1 Å². The van der Waals surface area contributed by atoms with Crippen LogP contribution in [0.25, 0.3) is 0 Å². The molecule has 0 aliphatic carbocycles. The number of nitrogens with one attached hydrogen (secondary N) is 1. The summed E-state index contributed by atoms with van der Waals surface area (Å²) in [6.07, 6.45) is 2.69.